The van der Waals surface area contributed by atoms with Gasteiger partial charge in [0.2, 0.25) is 0 Å². The molecule has 0 radical (unpaired) electrons. The summed E-state index contributed by atoms with van der Waals surface area (Å²) in [5, 5.41) is 18.4. The largest absolute Gasteiger partial charge is 0.399 e. The molecule has 0 heterocycles. The van der Waals surface area contributed by atoms with Gasteiger partial charge in [-0.05, 0) is 43.3 Å². The molecule has 0 saturated carbocycles. The number of non-ortho nitro benzene ring substituents is 1. The molecule has 2 rings (SSSR count). The Morgan fingerprint density at radius 1 is 1.16 bits per heavy atom. The van der Waals surface area contributed by atoms with E-state index in [4.69, 9.17) is 5.73 Å². The van der Waals surface area contributed by atoms with Crippen LogP contribution in [0.2, 0.25) is 0 Å². The average Bonchev–Trinajstić information content (AvgIpc) is 2.60. The number of nitrogens with one attached hydrogen (secondary N) is 2. The van der Waals surface area contributed by atoms with E-state index in [1.807, 2.05) is 0 Å². The van der Waals surface area contributed by atoms with Crippen LogP contribution in [-0.2, 0) is 0 Å². The van der Waals surface area contributed by atoms with Crippen LogP contribution in [-0.4, -0.2) is 22.8 Å². The number of nitrogens with zero attached hydrogens (tertiary/aromatic N) is 3. The normalized spacial score (nSPS) is 11.3. The van der Waals surface area contributed by atoms with Gasteiger partial charge in [-0.25, -0.2) is 5.43 Å². The minimum Gasteiger partial charge on any atom is -0.399 e. The first-order chi connectivity index (χ1) is 12.0. The van der Waals surface area contributed by atoms with Gasteiger partial charge in [0.05, 0.1) is 22.5 Å². The van der Waals surface area contributed by atoms with Crippen molar-refractivity contribution in [2.75, 3.05) is 11.2 Å². The van der Waals surface area contributed by atoms with E-state index in [-0.39, 0.29) is 11.6 Å². The number of hydrogen-bond acceptors (Lipinski definition) is 7. The lowest BCUT2D eigenvalue weighted by Gasteiger charge is -2.01. The summed E-state index contributed by atoms with van der Waals surface area (Å²) in [5.74, 6) is -0.365. The maximum atomic E-state index is 11.9. The first-order valence-electron chi connectivity index (χ1n) is 7.19. The van der Waals surface area contributed by atoms with Gasteiger partial charge in [-0.2, -0.15) is 10.2 Å². The van der Waals surface area contributed by atoms with Crippen LogP contribution < -0.4 is 16.6 Å². The summed E-state index contributed by atoms with van der Waals surface area (Å²) in [6.07, 6.45) is 1.41. The molecule has 0 saturated heterocycles. The van der Waals surface area contributed by atoms with Gasteiger partial charge < -0.3 is 5.73 Å². The third-order valence-corrected chi connectivity index (χ3v) is 3.03. The van der Waals surface area contributed by atoms with Crippen LogP contribution in [0.5, 0.6) is 0 Å². The van der Waals surface area contributed by atoms with Gasteiger partial charge in [-0.15, -0.1) is 0 Å². The SMILES string of the molecule is CC(/C=N/Nc1ccc([N+](=O)[O-])cc1)=N\NC(=O)c1ccc(N)cc1. The third-order valence-electron chi connectivity index (χ3n) is 3.03. The van der Waals surface area contributed by atoms with Crippen molar-refractivity contribution in [3.8, 4) is 0 Å². The number of nitro groups is 1. The number of nitrogen functional groups attached to an aromatic ring is 1. The summed E-state index contributed by atoms with van der Waals surface area (Å²) in [6.45, 7) is 1.66. The number of rotatable bonds is 6. The van der Waals surface area contributed by atoms with Gasteiger partial charge >= 0.3 is 0 Å². The molecule has 0 spiro atoms. The number of hydrogen-bond donors (Lipinski definition) is 3. The van der Waals surface area contributed by atoms with Crippen molar-refractivity contribution in [1.29, 1.82) is 0 Å². The molecule has 0 aliphatic heterocycles. The van der Waals surface area contributed by atoms with Crippen molar-refractivity contribution in [2.24, 2.45) is 10.2 Å². The number of hydrazone groups is 2. The summed E-state index contributed by atoms with van der Waals surface area (Å²) in [6, 6.07) is 12.2. The van der Waals surface area contributed by atoms with Gasteiger partial charge in [0.25, 0.3) is 11.6 Å². The van der Waals surface area contributed by atoms with E-state index in [1.54, 1.807) is 31.2 Å². The molecular weight excluding hydrogens is 324 g/mol. The predicted octanol–water partition coefficient (Wildman–Crippen LogP) is 2.38. The van der Waals surface area contributed by atoms with Crippen LogP contribution in [0, 0.1) is 10.1 Å². The molecule has 9 heteroatoms. The molecule has 25 heavy (non-hydrogen) atoms. The number of carbonyl (C=O) groups excluding carboxylic acids is 1. The minimum absolute atomic E-state index is 0.00217. The third kappa shape index (κ3) is 5.43. The highest BCUT2D eigenvalue weighted by Crippen LogP contribution is 2.15. The zero-order chi connectivity index (χ0) is 18.2. The molecule has 1 amide bonds. The molecule has 2 aromatic rings. The van der Waals surface area contributed by atoms with Gasteiger partial charge in [-0.3, -0.25) is 20.3 Å². The summed E-state index contributed by atoms with van der Waals surface area (Å²) in [5.41, 5.74) is 12.7. The monoisotopic (exact) mass is 340 g/mol. The zero-order valence-electron chi connectivity index (χ0n) is 13.3. The van der Waals surface area contributed by atoms with Gasteiger partial charge in [-0.1, -0.05) is 0 Å². The van der Waals surface area contributed by atoms with E-state index < -0.39 is 4.92 Å². The summed E-state index contributed by atoms with van der Waals surface area (Å²) in [7, 11) is 0. The highest BCUT2D eigenvalue weighted by atomic mass is 16.6. The topological polar surface area (TPSA) is 135 Å². The average molecular weight is 340 g/mol. The lowest BCUT2D eigenvalue weighted by molar-refractivity contribution is -0.384. The molecule has 0 bridgehead atoms. The Bertz CT molecular complexity index is 813. The van der Waals surface area contributed by atoms with Crippen LogP contribution >= 0.6 is 0 Å². The van der Waals surface area contributed by atoms with Gasteiger partial charge in [0, 0.05) is 23.4 Å². The molecule has 0 atom stereocenters. The summed E-state index contributed by atoms with van der Waals surface area (Å²) >= 11 is 0. The predicted molar refractivity (Wildman–Crippen MR) is 96.6 cm³/mol. The molecule has 0 aromatic heterocycles. The second-order valence-corrected chi connectivity index (χ2v) is 4.99. The Kier molecular flexibility index (Phi) is 5.77. The summed E-state index contributed by atoms with van der Waals surface area (Å²) in [4.78, 5) is 22.0. The van der Waals surface area contributed by atoms with Crippen molar-refractivity contribution in [3.63, 3.8) is 0 Å². The van der Waals surface area contributed by atoms with E-state index in [9.17, 15) is 14.9 Å². The van der Waals surface area contributed by atoms with Crippen LogP contribution in [0.25, 0.3) is 0 Å². The van der Waals surface area contributed by atoms with Crippen LogP contribution in [0.3, 0.4) is 0 Å². The van der Waals surface area contributed by atoms with E-state index in [0.29, 0.717) is 22.6 Å². The number of nitro benzene ring substituents is 1. The van der Waals surface area contributed by atoms with Crippen molar-refractivity contribution in [3.05, 3.63) is 64.2 Å². The van der Waals surface area contributed by atoms with Crippen molar-refractivity contribution in [2.45, 2.75) is 6.92 Å². The minimum atomic E-state index is -0.479. The molecule has 0 unspecified atom stereocenters. The molecule has 0 aliphatic carbocycles. The number of carbonyl (C=O) groups is 1. The molecule has 4 N–H and O–H groups in total. The Hall–Kier alpha value is -3.75. The zero-order valence-corrected chi connectivity index (χ0v) is 13.3. The Labute approximate surface area is 143 Å². The summed E-state index contributed by atoms with van der Waals surface area (Å²) < 4.78 is 0. The first-order valence-corrected chi connectivity index (χ1v) is 7.19. The fourth-order valence-corrected chi connectivity index (χ4v) is 1.72. The number of anilines is 2. The fraction of sp³-hybridized carbons (Fsp3) is 0.0625. The van der Waals surface area contributed by atoms with Crippen LogP contribution in [0.1, 0.15) is 17.3 Å². The second-order valence-electron chi connectivity index (χ2n) is 4.99. The molecule has 128 valence electrons. The smallest absolute Gasteiger partial charge is 0.271 e. The molecular formula is C16H16N6O3. The Morgan fingerprint density at radius 3 is 2.40 bits per heavy atom. The highest BCUT2D eigenvalue weighted by Gasteiger charge is 2.04. The van der Waals surface area contributed by atoms with Gasteiger partial charge in [0.1, 0.15) is 0 Å². The molecule has 2 aromatic carbocycles. The standard InChI is InChI=1S/C16H16N6O3/c1-11(19-21-16(23)12-2-4-13(17)5-3-12)10-18-20-14-6-8-15(9-7-14)22(24)25/h2-10,20H,17H2,1H3,(H,21,23)/b18-10+,19-11+. The van der Waals surface area contributed by atoms with E-state index >= 15 is 0 Å². The maximum Gasteiger partial charge on any atom is 0.271 e. The van der Waals surface area contributed by atoms with Crippen molar-refractivity contribution in [1.82, 2.24) is 5.43 Å². The lowest BCUT2D eigenvalue weighted by atomic mass is 10.2. The van der Waals surface area contributed by atoms with Crippen molar-refractivity contribution < 1.29 is 9.72 Å². The maximum absolute atomic E-state index is 11.9. The van der Waals surface area contributed by atoms with E-state index in [2.05, 4.69) is 21.1 Å². The second kappa shape index (κ2) is 8.20. The van der Waals surface area contributed by atoms with Crippen LogP contribution in [0.15, 0.2) is 58.7 Å². The van der Waals surface area contributed by atoms with Gasteiger partial charge in [0.15, 0.2) is 0 Å². The molecule has 0 aliphatic rings. The number of amides is 1. The molecule has 9 nitrogen and oxygen atoms in total. The van der Waals surface area contributed by atoms with E-state index in [0.717, 1.165) is 0 Å². The molecule has 0 fully saturated rings. The lowest BCUT2D eigenvalue weighted by Crippen LogP contribution is -2.19. The van der Waals surface area contributed by atoms with Crippen LogP contribution in [0.4, 0.5) is 17.1 Å². The first kappa shape index (κ1) is 17.6. The number of benzene rings is 2. The fourth-order valence-electron chi connectivity index (χ4n) is 1.72. The van der Waals surface area contributed by atoms with E-state index in [1.165, 1.54) is 30.5 Å². The Balaban J connectivity index is 1.87. The Morgan fingerprint density at radius 2 is 1.80 bits per heavy atom. The number of nitrogens with two attached hydrogens (primary N) is 1. The van der Waals surface area contributed by atoms with Crippen molar-refractivity contribution >= 4 is 34.9 Å². The quantitative estimate of drug-likeness (QED) is 0.321. The highest BCUT2D eigenvalue weighted by molar-refractivity contribution is 6.29.